The Labute approximate surface area is 112 Å². The van der Waals surface area contributed by atoms with Crippen molar-refractivity contribution < 1.29 is 9.18 Å². The van der Waals surface area contributed by atoms with E-state index >= 15 is 0 Å². The van der Waals surface area contributed by atoms with E-state index in [4.69, 9.17) is 11.6 Å². The number of hydrogen-bond acceptors (Lipinski definition) is 1. The van der Waals surface area contributed by atoms with Gasteiger partial charge in [0.25, 0.3) is 0 Å². The van der Waals surface area contributed by atoms with E-state index in [0.717, 1.165) is 25.7 Å². The van der Waals surface area contributed by atoms with Crippen molar-refractivity contribution in [2.75, 3.05) is 0 Å². The molecule has 0 amide bonds. The summed E-state index contributed by atoms with van der Waals surface area (Å²) in [6.07, 6.45) is 7.35. The van der Waals surface area contributed by atoms with Gasteiger partial charge in [0.05, 0.1) is 5.02 Å². The Balaban J connectivity index is 2.04. The lowest BCUT2D eigenvalue weighted by atomic mass is 9.93. The van der Waals surface area contributed by atoms with Crippen LogP contribution in [0.1, 0.15) is 37.7 Å². The molecule has 1 nitrogen and oxygen atoms in total. The van der Waals surface area contributed by atoms with Crippen LogP contribution in [-0.2, 0) is 11.2 Å². The van der Waals surface area contributed by atoms with Crippen molar-refractivity contribution in [3.8, 4) is 0 Å². The average molecular weight is 267 g/mol. The SMILES string of the molecule is O=C(C=C1CCCCC1)Cc1cccc(Cl)c1F. The monoisotopic (exact) mass is 266 g/mol. The van der Waals surface area contributed by atoms with Crippen LogP contribution in [-0.4, -0.2) is 5.78 Å². The zero-order chi connectivity index (χ0) is 13.0. The maximum absolute atomic E-state index is 13.6. The van der Waals surface area contributed by atoms with Gasteiger partial charge in [0.15, 0.2) is 5.78 Å². The summed E-state index contributed by atoms with van der Waals surface area (Å²) in [5.41, 5.74) is 1.58. The van der Waals surface area contributed by atoms with Crippen LogP contribution in [0.25, 0.3) is 0 Å². The molecule has 96 valence electrons. The van der Waals surface area contributed by atoms with Gasteiger partial charge in [-0.05, 0) is 43.4 Å². The van der Waals surface area contributed by atoms with Crippen molar-refractivity contribution in [2.45, 2.75) is 38.5 Å². The van der Waals surface area contributed by atoms with Crippen LogP contribution >= 0.6 is 11.6 Å². The summed E-state index contributed by atoms with van der Waals surface area (Å²) >= 11 is 5.69. The zero-order valence-corrected chi connectivity index (χ0v) is 11.0. The Kier molecular flexibility index (Phi) is 4.54. The average Bonchev–Trinajstić information content (AvgIpc) is 2.36. The molecule has 3 heteroatoms. The molecule has 0 N–H and O–H groups in total. The fourth-order valence-electron chi connectivity index (χ4n) is 2.30. The van der Waals surface area contributed by atoms with Gasteiger partial charge >= 0.3 is 0 Å². The number of rotatable bonds is 3. The normalized spacial score (nSPS) is 15.6. The molecule has 0 aliphatic heterocycles. The molecule has 1 aliphatic carbocycles. The first-order valence-corrected chi connectivity index (χ1v) is 6.70. The van der Waals surface area contributed by atoms with E-state index in [1.54, 1.807) is 18.2 Å². The van der Waals surface area contributed by atoms with Crippen molar-refractivity contribution in [1.82, 2.24) is 0 Å². The molecule has 0 atom stereocenters. The quantitative estimate of drug-likeness (QED) is 0.737. The number of carbonyl (C=O) groups excluding carboxylic acids is 1. The molecule has 0 unspecified atom stereocenters. The summed E-state index contributed by atoms with van der Waals surface area (Å²) in [7, 11) is 0. The maximum atomic E-state index is 13.6. The third kappa shape index (κ3) is 3.42. The topological polar surface area (TPSA) is 17.1 Å². The molecule has 1 aromatic rings. The van der Waals surface area contributed by atoms with Crippen molar-refractivity contribution in [2.24, 2.45) is 0 Å². The fourth-order valence-corrected chi connectivity index (χ4v) is 2.50. The largest absolute Gasteiger partial charge is 0.294 e. The molecule has 0 radical (unpaired) electrons. The molecule has 2 rings (SSSR count). The molecule has 0 saturated heterocycles. The summed E-state index contributed by atoms with van der Waals surface area (Å²) in [4.78, 5) is 11.9. The molecule has 0 spiro atoms. The third-order valence-corrected chi connectivity index (χ3v) is 3.55. The van der Waals surface area contributed by atoms with Crippen LogP contribution in [0.5, 0.6) is 0 Å². The second kappa shape index (κ2) is 6.14. The van der Waals surface area contributed by atoms with Crippen LogP contribution in [0.3, 0.4) is 0 Å². The van der Waals surface area contributed by atoms with E-state index in [9.17, 15) is 9.18 Å². The highest BCUT2D eigenvalue weighted by Crippen LogP contribution is 2.23. The summed E-state index contributed by atoms with van der Waals surface area (Å²) in [5, 5.41) is 0.0746. The highest BCUT2D eigenvalue weighted by atomic mass is 35.5. The summed E-state index contributed by atoms with van der Waals surface area (Å²) in [6.45, 7) is 0. The lowest BCUT2D eigenvalue weighted by molar-refractivity contribution is -0.114. The van der Waals surface area contributed by atoms with Gasteiger partial charge in [0.1, 0.15) is 5.82 Å². The highest BCUT2D eigenvalue weighted by molar-refractivity contribution is 6.30. The van der Waals surface area contributed by atoms with Crippen molar-refractivity contribution >= 4 is 17.4 Å². The van der Waals surface area contributed by atoms with E-state index in [2.05, 4.69) is 0 Å². The van der Waals surface area contributed by atoms with Gasteiger partial charge < -0.3 is 0 Å². The van der Waals surface area contributed by atoms with Crippen molar-refractivity contribution in [3.05, 3.63) is 46.3 Å². The van der Waals surface area contributed by atoms with Crippen LogP contribution in [0.2, 0.25) is 5.02 Å². The Morgan fingerprint density at radius 1 is 1.28 bits per heavy atom. The first kappa shape index (κ1) is 13.3. The van der Waals surface area contributed by atoms with Gasteiger partial charge in [-0.3, -0.25) is 4.79 Å². The number of carbonyl (C=O) groups is 1. The first-order valence-electron chi connectivity index (χ1n) is 6.32. The number of allylic oxidation sites excluding steroid dienone is 2. The van der Waals surface area contributed by atoms with Gasteiger partial charge in [-0.15, -0.1) is 0 Å². The summed E-state index contributed by atoms with van der Waals surface area (Å²) < 4.78 is 13.6. The second-order valence-electron chi connectivity index (χ2n) is 4.72. The third-order valence-electron chi connectivity index (χ3n) is 3.26. The smallest absolute Gasteiger partial charge is 0.160 e. The van der Waals surface area contributed by atoms with Gasteiger partial charge in [0.2, 0.25) is 0 Å². The molecule has 1 aliphatic rings. The Bertz CT molecular complexity index is 471. The van der Waals surface area contributed by atoms with E-state index in [-0.39, 0.29) is 17.2 Å². The van der Waals surface area contributed by atoms with E-state index in [1.165, 1.54) is 18.1 Å². The summed E-state index contributed by atoms with van der Waals surface area (Å²) in [5.74, 6) is -0.511. The lowest BCUT2D eigenvalue weighted by Crippen LogP contribution is -2.04. The Hall–Kier alpha value is -1.15. The van der Waals surface area contributed by atoms with Gasteiger partial charge in [-0.2, -0.15) is 0 Å². The first-order chi connectivity index (χ1) is 8.66. The predicted octanol–water partition coefficient (Wildman–Crippen LogP) is 4.48. The standard InChI is InChI=1S/C15H16ClFO/c16-14-8-4-7-12(15(14)17)10-13(18)9-11-5-2-1-3-6-11/h4,7-9H,1-3,5-6,10H2. The summed E-state index contributed by atoms with van der Waals surface area (Å²) in [6, 6.07) is 4.77. The highest BCUT2D eigenvalue weighted by Gasteiger charge is 2.11. The second-order valence-corrected chi connectivity index (χ2v) is 5.13. The van der Waals surface area contributed by atoms with Crippen LogP contribution in [0.4, 0.5) is 4.39 Å². The fraction of sp³-hybridized carbons (Fsp3) is 0.400. The van der Waals surface area contributed by atoms with Crippen LogP contribution in [0, 0.1) is 5.82 Å². The molecule has 1 saturated carbocycles. The molecule has 0 heterocycles. The lowest BCUT2D eigenvalue weighted by Gasteiger charge is -2.12. The molecule has 0 aromatic heterocycles. The predicted molar refractivity (Wildman–Crippen MR) is 71.3 cm³/mol. The van der Waals surface area contributed by atoms with Crippen molar-refractivity contribution in [3.63, 3.8) is 0 Å². The van der Waals surface area contributed by atoms with Gasteiger partial charge in [-0.1, -0.05) is 35.7 Å². The van der Waals surface area contributed by atoms with E-state index in [0.29, 0.717) is 5.56 Å². The number of ketones is 1. The number of hydrogen-bond donors (Lipinski definition) is 0. The van der Waals surface area contributed by atoms with Gasteiger partial charge in [-0.25, -0.2) is 4.39 Å². The maximum Gasteiger partial charge on any atom is 0.160 e. The Morgan fingerprint density at radius 3 is 2.72 bits per heavy atom. The Morgan fingerprint density at radius 2 is 2.00 bits per heavy atom. The zero-order valence-electron chi connectivity index (χ0n) is 10.2. The van der Waals surface area contributed by atoms with Gasteiger partial charge in [0, 0.05) is 6.42 Å². The van der Waals surface area contributed by atoms with Crippen LogP contribution in [0.15, 0.2) is 29.8 Å². The van der Waals surface area contributed by atoms with Crippen molar-refractivity contribution in [1.29, 1.82) is 0 Å². The molecule has 1 fully saturated rings. The minimum absolute atomic E-state index is 0.0342. The van der Waals surface area contributed by atoms with E-state index in [1.807, 2.05) is 0 Å². The van der Waals surface area contributed by atoms with Crippen LogP contribution < -0.4 is 0 Å². The molecule has 0 bridgehead atoms. The minimum atomic E-state index is -0.477. The minimum Gasteiger partial charge on any atom is -0.294 e. The molecule has 1 aromatic carbocycles. The molecule has 18 heavy (non-hydrogen) atoms. The number of halogens is 2. The van der Waals surface area contributed by atoms with E-state index < -0.39 is 5.82 Å². The molecular weight excluding hydrogens is 251 g/mol. The number of benzene rings is 1. The molecular formula is C15H16ClFO.